The second-order valence-corrected chi connectivity index (χ2v) is 6.83. The molecule has 0 saturated heterocycles. The fourth-order valence-corrected chi connectivity index (χ4v) is 4.33. The average molecular weight is 286 g/mol. The van der Waals surface area contributed by atoms with E-state index in [0.29, 0.717) is 6.04 Å². The van der Waals surface area contributed by atoms with Gasteiger partial charge in [-0.2, -0.15) is 0 Å². The molecule has 1 aromatic carbocycles. The molecule has 3 rings (SSSR count). The Balaban J connectivity index is 1.85. The lowest BCUT2D eigenvalue weighted by molar-refractivity contribution is 0.358. The van der Waals surface area contributed by atoms with Gasteiger partial charge in [-0.05, 0) is 49.7 Å². The van der Waals surface area contributed by atoms with Gasteiger partial charge in [0.15, 0.2) is 0 Å². The molecule has 1 aliphatic carbocycles. The Kier molecular flexibility index (Phi) is 5.18. The largest absolute Gasteiger partial charge is 0.367 e. The lowest BCUT2D eigenvalue weighted by Gasteiger charge is -2.38. The first-order valence-corrected chi connectivity index (χ1v) is 8.95. The van der Waals surface area contributed by atoms with E-state index < -0.39 is 0 Å². The number of anilines is 1. The van der Waals surface area contributed by atoms with Gasteiger partial charge in [0.2, 0.25) is 0 Å². The zero-order valence-electron chi connectivity index (χ0n) is 13.3. The molecule has 1 heterocycles. The first kappa shape index (κ1) is 14.9. The molecule has 0 radical (unpaired) electrons. The van der Waals surface area contributed by atoms with Crippen molar-refractivity contribution in [2.24, 2.45) is 11.7 Å². The lowest BCUT2D eigenvalue weighted by atomic mass is 9.90. The molecule has 1 aromatic rings. The van der Waals surface area contributed by atoms with Gasteiger partial charge in [0.25, 0.3) is 0 Å². The summed E-state index contributed by atoms with van der Waals surface area (Å²) in [7, 11) is 0. The predicted molar refractivity (Wildman–Crippen MR) is 90.8 cm³/mol. The van der Waals surface area contributed by atoms with E-state index in [1.54, 1.807) is 0 Å². The van der Waals surface area contributed by atoms with Gasteiger partial charge < -0.3 is 10.6 Å². The third-order valence-corrected chi connectivity index (χ3v) is 5.48. The van der Waals surface area contributed by atoms with E-state index in [1.807, 2.05) is 0 Å². The zero-order valence-corrected chi connectivity index (χ0v) is 13.3. The van der Waals surface area contributed by atoms with Gasteiger partial charge in [0, 0.05) is 24.8 Å². The summed E-state index contributed by atoms with van der Waals surface area (Å²) in [5, 5.41) is 0. The van der Waals surface area contributed by atoms with Crippen molar-refractivity contribution in [3.05, 3.63) is 29.8 Å². The summed E-state index contributed by atoms with van der Waals surface area (Å²) in [5.74, 6) is 0.795. The first-order chi connectivity index (χ1) is 10.4. The maximum atomic E-state index is 6.25. The number of fused-ring (bicyclic) bond motifs is 1. The molecule has 2 heteroatoms. The fraction of sp³-hybridized carbons (Fsp3) is 0.684. The minimum atomic E-state index is 0.544. The molecule has 0 aromatic heterocycles. The molecule has 1 atom stereocenters. The zero-order chi connectivity index (χ0) is 14.5. The number of hydrogen-bond donors (Lipinski definition) is 1. The number of benzene rings is 1. The molecule has 1 unspecified atom stereocenters. The number of para-hydroxylation sites is 1. The van der Waals surface area contributed by atoms with E-state index >= 15 is 0 Å². The fourth-order valence-electron chi connectivity index (χ4n) is 4.33. The third-order valence-electron chi connectivity index (χ3n) is 5.48. The molecular formula is C19H30N2. The molecule has 0 bridgehead atoms. The monoisotopic (exact) mass is 286 g/mol. The van der Waals surface area contributed by atoms with Crippen molar-refractivity contribution in [1.29, 1.82) is 0 Å². The normalized spacial score (nSPS) is 22.2. The van der Waals surface area contributed by atoms with Crippen molar-refractivity contribution in [2.75, 3.05) is 18.0 Å². The Morgan fingerprint density at radius 3 is 2.52 bits per heavy atom. The van der Waals surface area contributed by atoms with Crippen LogP contribution in [0.1, 0.15) is 56.9 Å². The number of rotatable bonds is 3. The quantitative estimate of drug-likeness (QED) is 0.847. The number of hydrogen-bond acceptors (Lipinski definition) is 2. The van der Waals surface area contributed by atoms with Crippen LogP contribution in [-0.2, 0) is 6.42 Å². The van der Waals surface area contributed by atoms with Crippen LogP contribution in [-0.4, -0.2) is 19.1 Å². The van der Waals surface area contributed by atoms with Gasteiger partial charge in [-0.1, -0.05) is 43.9 Å². The molecule has 21 heavy (non-hydrogen) atoms. The van der Waals surface area contributed by atoms with Gasteiger partial charge in [0.1, 0.15) is 0 Å². The van der Waals surface area contributed by atoms with Crippen LogP contribution in [0.15, 0.2) is 24.3 Å². The molecule has 0 amide bonds. The summed E-state index contributed by atoms with van der Waals surface area (Å²) in [4.78, 5) is 2.66. The minimum absolute atomic E-state index is 0.544. The van der Waals surface area contributed by atoms with Crippen LogP contribution in [0.5, 0.6) is 0 Å². The maximum absolute atomic E-state index is 6.25. The van der Waals surface area contributed by atoms with Gasteiger partial charge in [0.05, 0.1) is 0 Å². The standard InChI is InChI=1S/C19H30N2/c20-15-19(17-9-3-1-2-4-10-17)21-14-8-7-12-16-11-5-6-13-18(16)21/h5-6,11,13,17,19H,1-4,7-10,12,14-15,20H2. The third kappa shape index (κ3) is 3.42. The second kappa shape index (κ2) is 7.31. The molecular weight excluding hydrogens is 256 g/mol. The van der Waals surface area contributed by atoms with E-state index in [1.165, 1.54) is 75.6 Å². The summed E-state index contributed by atoms with van der Waals surface area (Å²) in [6.07, 6.45) is 12.2. The number of nitrogens with zero attached hydrogens (tertiary/aromatic N) is 1. The molecule has 1 fully saturated rings. The van der Waals surface area contributed by atoms with E-state index in [2.05, 4.69) is 29.2 Å². The van der Waals surface area contributed by atoms with Crippen LogP contribution in [0, 0.1) is 5.92 Å². The van der Waals surface area contributed by atoms with Crippen molar-refractivity contribution in [3.63, 3.8) is 0 Å². The maximum Gasteiger partial charge on any atom is 0.0440 e. The molecule has 1 saturated carbocycles. The second-order valence-electron chi connectivity index (χ2n) is 6.83. The highest BCUT2D eigenvalue weighted by Gasteiger charge is 2.29. The van der Waals surface area contributed by atoms with Crippen LogP contribution in [0.25, 0.3) is 0 Å². The van der Waals surface area contributed by atoms with Crippen molar-refractivity contribution in [3.8, 4) is 0 Å². The van der Waals surface area contributed by atoms with Gasteiger partial charge in [-0.25, -0.2) is 0 Å². The van der Waals surface area contributed by atoms with Crippen LogP contribution < -0.4 is 10.6 Å². The number of nitrogens with two attached hydrogens (primary N) is 1. The van der Waals surface area contributed by atoms with Crippen molar-refractivity contribution in [2.45, 2.75) is 63.8 Å². The molecule has 1 aliphatic heterocycles. The van der Waals surface area contributed by atoms with Crippen molar-refractivity contribution in [1.82, 2.24) is 0 Å². The molecule has 116 valence electrons. The minimum Gasteiger partial charge on any atom is -0.367 e. The van der Waals surface area contributed by atoms with Crippen LogP contribution in [0.3, 0.4) is 0 Å². The summed E-state index contributed by atoms with van der Waals surface area (Å²) in [6.45, 7) is 1.99. The van der Waals surface area contributed by atoms with E-state index in [4.69, 9.17) is 5.73 Å². The summed E-state index contributed by atoms with van der Waals surface area (Å²) in [6, 6.07) is 9.56. The molecule has 2 aliphatic rings. The first-order valence-electron chi connectivity index (χ1n) is 8.95. The molecule has 0 spiro atoms. The average Bonchev–Trinajstić information content (AvgIpc) is 2.90. The Bertz CT molecular complexity index is 435. The van der Waals surface area contributed by atoms with E-state index in [0.717, 1.165) is 12.5 Å². The topological polar surface area (TPSA) is 29.3 Å². The summed E-state index contributed by atoms with van der Waals surface area (Å²) < 4.78 is 0. The van der Waals surface area contributed by atoms with Crippen LogP contribution in [0.2, 0.25) is 0 Å². The predicted octanol–water partition coefficient (Wildman–Crippen LogP) is 4.13. The van der Waals surface area contributed by atoms with Crippen LogP contribution >= 0.6 is 0 Å². The highest BCUT2D eigenvalue weighted by Crippen LogP contribution is 2.33. The smallest absolute Gasteiger partial charge is 0.0440 e. The van der Waals surface area contributed by atoms with Gasteiger partial charge in [-0.3, -0.25) is 0 Å². The van der Waals surface area contributed by atoms with Crippen LogP contribution in [0.4, 0.5) is 5.69 Å². The van der Waals surface area contributed by atoms with E-state index in [9.17, 15) is 0 Å². The molecule has 2 N–H and O–H groups in total. The highest BCUT2D eigenvalue weighted by molar-refractivity contribution is 5.55. The van der Waals surface area contributed by atoms with Crippen molar-refractivity contribution < 1.29 is 0 Å². The Hall–Kier alpha value is -1.02. The van der Waals surface area contributed by atoms with Gasteiger partial charge >= 0.3 is 0 Å². The highest BCUT2D eigenvalue weighted by atomic mass is 15.2. The van der Waals surface area contributed by atoms with Crippen molar-refractivity contribution >= 4 is 5.69 Å². The Morgan fingerprint density at radius 2 is 1.76 bits per heavy atom. The molecule has 2 nitrogen and oxygen atoms in total. The SMILES string of the molecule is NCC(C1CCCCCC1)N1CCCCc2ccccc21. The summed E-state index contributed by atoms with van der Waals surface area (Å²) in [5.41, 5.74) is 9.25. The Labute approximate surface area is 129 Å². The Morgan fingerprint density at radius 1 is 1.00 bits per heavy atom. The number of aryl methyl sites for hydroxylation is 1. The lowest BCUT2D eigenvalue weighted by Crippen LogP contribution is -2.46. The van der Waals surface area contributed by atoms with E-state index in [-0.39, 0.29) is 0 Å². The summed E-state index contributed by atoms with van der Waals surface area (Å²) >= 11 is 0. The van der Waals surface area contributed by atoms with Gasteiger partial charge in [-0.15, -0.1) is 0 Å².